The maximum Gasteiger partial charge on any atom is 0.396 e. The fourth-order valence-corrected chi connectivity index (χ4v) is 3.03. The maximum atomic E-state index is 11.9. The van der Waals surface area contributed by atoms with Crippen molar-refractivity contribution in [1.82, 2.24) is 10.2 Å². The highest BCUT2D eigenvalue weighted by atomic mass is 16.5. The molecule has 138 valence electrons. The normalized spacial score (nSPS) is 15.5. The Morgan fingerprint density at radius 2 is 1.84 bits per heavy atom. The Morgan fingerprint density at radius 1 is 1.16 bits per heavy atom. The van der Waals surface area contributed by atoms with Gasteiger partial charge in [0.1, 0.15) is 0 Å². The zero-order valence-corrected chi connectivity index (χ0v) is 15.0. The van der Waals surface area contributed by atoms with Gasteiger partial charge >= 0.3 is 11.9 Å². The molecule has 1 N–H and O–H groups in total. The summed E-state index contributed by atoms with van der Waals surface area (Å²) in [4.78, 5) is 25.7. The van der Waals surface area contributed by atoms with Crippen LogP contribution in [0.2, 0.25) is 0 Å². The summed E-state index contributed by atoms with van der Waals surface area (Å²) in [6.07, 6.45) is 2.24. The minimum atomic E-state index is -0.852. The van der Waals surface area contributed by atoms with Crippen molar-refractivity contribution in [2.45, 2.75) is 25.8 Å². The van der Waals surface area contributed by atoms with Crippen LogP contribution >= 0.6 is 0 Å². The average molecular weight is 350 g/mol. The number of nitrogens with one attached hydrogen (secondary N) is 1. The molecule has 1 heterocycles. The lowest BCUT2D eigenvalue weighted by Crippen LogP contribution is -2.40. The third-order valence-corrected chi connectivity index (χ3v) is 4.29. The second kappa shape index (κ2) is 9.27. The number of nitrogens with zero attached hydrogens (tertiary/aromatic N) is 1. The summed E-state index contributed by atoms with van der Waals surface area (Å²) in [5.41, 5.74) is 1.00. The number of methoxy groups -OCH3 is 2. The number of amides is 1. The van der Waals surface area contributed by atoms with Crippen LogP contribution in [0.4, 0.5) is 0 Å². The highest BCUT2D eigenvalue weighted by Gasteiger charge is 2.26. The molecule has 2 rings (SSSR count). The van der Waals surface area contributed by atoms with Crippen molar-refractivity contribution in [3.63, 3.8) is 0 Å². The molecule has 0 bridgehead atoms. The van der Waals surface area contributed by atoms with Gasteiger partial charge in [-0.2, -0.15) is 0 Å². The van der Waals surface area contributed by atoms with Crippen molar-refractivity contribution in [2.24, 2.45) is 0 Å². The monoisotopic (exact) mass is 350 g/mol. The molecule has 0 radical (unpaired) electrons. The Labute approximate surface area is 148 Å². The summed E-state index contributed by atoms with van der Waals surface area (Å²) >= 11 is 0. The van der Waals surface area contributed by atoms with E-state index in [1.54, 1.807) is 21.1 Å². The molecule has 1 unspecified atom stereocenters. The van der Waals surface area contributed by atoms with Crippen LogP contribution in [0.3, 0.4) is 0 Å². The number of hydrogen-bond acceptors (Lipinski definition) is 6. The van der Waals surface area contributed by atoms with E-state index in [0.29, 0.717) is 18.0 Å². The zero-order chi connectivity index (χ0) is 18.2. The fourth-order valence-electron chi connectivity index (χ4n) is 3.03. The number of likely N-dealkylation sites (tertiary alicyclic amines) is 1. The number of benzene rings is 1. The van der Waals surface area contributed by atoms with E-state index in [9.17, 15) is 9.59 Å². The predicted octanol–water partition coefficient (Wildman–Crippen LogP) is 1.52. The van der Waals surface area contributed by atoms with Crippen LogP contribution < -0.4 is 14.8 Å². The van der Waals surface area contributed by atoms with Gasteiger partial charge in [-0.1, -0.05) is 6.07 Å². The Bertz CT molecular complexity index is 599. The molecular formula is C18H26N2O5. The third-order valence-electron chi connectivity index (χ3n) is 4.29. The predicted molar refractivity (Wildman–Crippen MR) is 92.7 cm³/mol. The number of carbonyl (C=O) groups is 2. The fraction of sp³-hybridized carbons (Fsp3) is 0.556. The lowest BCUT2D eigenvalue weighted by Gasteiger charge is -2.28. The van der Waals surface area contributed by atoms with Crippen LogP contribution in [0, 0.1) is 0 Å². The second-order valence-electron chi connectivity index (χ2n) is 5.80. The first-order valence-corrected chi connectivity index (χ1v) is 8.51. The van der Waals surface area contributed by atoms with Gasteiger partial charge in [0, 0.05) is 6.54 Å². The van der Waals surface area contributed by atoms with E-state index < -0.39 is 11.9 Å². The topological polar surface area (TPSA) is 77.1 Å². The molecule has 1 saturated heterocycles. The molecule has 25 heavy (non-hydrogen) atoms. The summed E-state index contributed by atoms with van der Waals surface area (Å²) in [6.45, 7) is 4.08. The van der Waals surface area contributed by atoms with E-state index in [-0.39, 0.29) is 12.6 Å². The Morgan fingerprint density at radius 3 is 2.44 bits per heavy atom. The van der Waals surface area contributed by atoms with Gasteiger partial charge in [0.2, 0.25) is 0 Å². The summed E-state index contributed by atoms with van der Waals surface area (Å²) in [5.74, 6) is -0.274. The van der Waals surface area contributed by atoms with Crippen LogP contribution in [0.5, 0.6) is 11.5 Å². The third kappa shape index (κ3) is 4.85. The first-order chi connectivity index (χ1) is 12.1. The van der Waals surface area contributed by atoms with Gasteiger partial charge in [-0.25, -0.2) is 4.79 Å². The summed E-state index contributed by atoms with van der Waals surface area (Å²) in [6, 6.07) is 5.68. The minimum Gasteiger partial charge on any atom is -0.493 e. The van der Waals surface area contributed by atoms with Gasteiger partial charge in [0.05, 0.1) is 26.9 Å². The van der Waals surface area contributed by atoms with Gasteiger partial charge in [0.25, 0.3) is 0 Å². The van der Waals surface area contributed by atoms with E-state index in [2.05, 4.69) is 10.2 Å². The van der Waals surface area contributed by atoms with Crippen LogP contribution in [-0.2, 0) is 14.3 Å². The van der Waals surface area contributed by atoms with Crippen molar-refractivity contribution in [2.75, 3.05) is 40.5 Å². The minimum absolute atomic E-state index is 0.0410. The summed E-state index contributed by atoms with van der Waals surface area (Å²) < 4.78 is 15.4. The molecule has 0 aromatic heterocycles. The highest BCUT2D eigenvalue weighted by Crippen LogP contribution is 2.33. The highest BCUT2D eigenvalue weighted by molar-refractivity contribution is 6.32. The summed E-state index contributed by atoms with van der Waals surface area (Å²) in [5, 5.41) is 2.68. The molecule has 0 saturated carbocycles. The quantitative estimate of drug-likeness (QED) is 0.593. The average Bonchev–Trinajstić information content (AvgIpc) is 3.16. The van der Waals surface area contributed by atoms with E-state index in [1.165, 1.54) is 0 Å². The maximum absolute atomic E-state index is 11.9. The van der Waals surface area contributed by atoms with E-state index in [4.69, 9.17) is 14.2 Å². The van der Waals surface area contributed by atoms with Gasteiger partial charge < -0.3 is 19.5 Å². The Kier molecular flexibility index (Phi) is 7.06. The molecule has 1 aromatic rings. The molecule has 1 aromatic carbocycles. The molecule has 1 aliphatic heterocycles. The van der Waals surface area contributed by atoms with Crippen molar-refractivity contribution in [3.8, 4) is 11.5 Å². The molecule has 7 heteroatoms. The largest absolute Gasteiger partial charge is 0.493 e. The zero-order valence-electron chi connectivity index (χ0n) is 15.0. The standard InChI is InChI=1S/C18H26N2O5/c1-4-25-18(22)17(21)19-12-14(20-9-5-6-10-20)13-7-8-15(23-2)16(11-13)24-3/h7-8,11,14H,4-6,9-10,12H2,1-3H3,(H,19,21). The van der Waals surface area contributed by atoms with Crippen molar-refractivity contribution in [1.29, 1.82) is 0 Å². The number of hydrogen-bond donors (Lipinski definition) is 1. The number of esters is 1. The number of ether oxygens (including phenoxy) is 3. The molecule has 1 fully saturated rings. The SMILES string of the molecule is CCOC(=O)C(=O)NCC(c1ccc(OC)c(OC)c1)N1CCCC1. The first kappa shape index (κ1) is 19.1. The number of carbonyl (C=O) groups excluding carboxylic acids is 2. The molecule has 1 aliphatic rings. The molecule has 1 atom stereocenters. The molecule has 0 spiro atoms. The smallest absolute Gasteiger partial charge is 0.396 e. The van der Waals surface area contributed by atoms with E-state index in [1.807, 2.05) is 18.2 Å². The van der Waals surface area contributed by atoms with E-state index >= 15 is 0 Å². The van der Waals surface area contributed by atoms with Crippen LogP contribution in [0.25, 0.3) is 0 Å². The molecular weight excluding hydrogens is 324 g/mol. The van der Waals surface area contributed by atoms with Crippen molar-refractivity contribution in [3.05, 3.63) is 23.8 Å². The van der Waals surface area contributed by atoms with Gasteiger partial charge in [-0.05, 0) is 50.6 Å². The van der Waals surface area contributed by atoms with Crippen LogP contribution in [-0.4, -0.2) is 57.2 Å². The van der Waals surface area contributed by atoms with Gasteiger partial charge in [-0.15, -0.1) is 0 Å². The number of rotatable bonds is 7. The van der Waals surface area contributed by atoms with Crippen LogP contribution in [0.1, 0.15) is 31.4 Å². The first-order valence-electron chi connectivity index (χ1n) is 8.51. The van der Waals surface area contributed by atoms with Crippen molar-refractivity contribution >= 4 is 11.9 Å². The Balaban J connectivity index is 2.16. The summed E-state index contributed by atoms with van der Waals surface area (Å²) in [7, 11) is 3.18. The van der Waals surface area contributed by atoms with Crippen LogP contribution in [0.15, 0.2) is 18.2 Å². The Hall–Kier alpha value is -2.28. The lowest BCUT2D eigenvalue weighted by atomic mass is 10.0. The molecule has 7 nitrogen and oxygen atoms in total. The van der Waals surface area contributed by atoms with E-state index in [0.717, 1.165) is 31.5 Å². The molecule has 1 amide bonds. The van der Waals surface area contributed by atoms with Gasteiger partial charge in [0.15, 0.2) is 11.5 Å². The lowest BCUT2D eigenvalue weighted by molar-refractivity contribution is -0.154. The van der Waals surface area contributed by atoms with Gasteiger partial charge in [-0.3, -0.25) is 9.69 Å². The van der Waals surface area contributed by atoms with Crippen molar-refractivity contribution < 1.29 is 23.8 Å². The second-order valence-corrected chi connectivity index (χ2v) is 5.80. The molecule has 0 aliphatic carbocycles.